The monoisotopic (exact) mass is 351 g/mol. The molecule has 2 rings (SSSR count). The van der Waals surface area contributed by atoms with Crippen LogP contribution < -0.4 is 9.26 Å². The molecule has 0 aromatic heterocycles. The van der Waals surface area contributed by atoms with E-state index < -0.39 is 14.7 Å². The fraction of sp³-hybridized carbons (Fsp3) is 0.294. The Balaban J connectivity index is 2.05. The van der Waals surface area contributed by atoms with Gasteiger partial charge in [0.1, 0.15) is 23.8 Å². The van der Waals surface area contributed by atoms with Crippen molar-refractivity contribution in [2.24, 2.45) is 0 Å². The first-order valence-electron chi connectivity index (χ1n) is 7.43. The summed E-state index contributed by atoms with van der Waals surface area (Å²) in [5.74, 6) is 1.07. The molecule has 0 aliphatic heterocycles. The Hall–Kier alpha value is -1.69. The van der Waals surface area contributed by atoms with Gasteiger partial charge in [-0.15, -0.1) is 0 Å². The molecule has 0 aliphatic carbocycles. The van der Waals surface area contributed by atoms with Crippen molar-refractivity contribution < 1.29 is 24.2 Å². The second-order valence-corrected chi connectivity index (χ2v) is 6.25. The van der Waals surface area contributed by atoms with Gasteiger partial charge in [0.2, 0.25) is 0 Å². The molecule has 2 unspecified atom stereocenters. The first kappa shape index (κ1) is 18.6. The summed E-state index contributed by atoms with van der Waals surface area (Å²) in [6.07, 6.45) is -0.832. The van der Waals surface area contributed by atoms with Crippen LogP contribution in [0, 0.1) is 0 Å². The maximum Gasteiger partial charge on any atom is 0.391 e. The molecule has 2 atom stereocenters. The van der Waals surface area contributed by atoms with Crippen molar-refractivity contribution in [3.63, 3.8) is 0 Å². The van der Waals surface area contributed by atoms with E-state index in [1.54, 1.807) is 24.3 Å². The highest BCUT2D eigenvalue weighted by Gasteiger charge is 2.12. The first-order chi connectivity index (χ1) is 11.4. The minimum Gasteiger partial charge on any atom is -0.475 e. The number of hydrogen-bond donors (Lipinski definition) is 3. The topological polar surface area (TPSA) is 82.4 Å². The zero-order chi connectivity index (χ0) is 17.7. The van der Waals surface area contributed by atoms with Crippen molar-refractivity contribution in [3.05, 3.63) is 59.7 Å². The van der Waals surface area contributed by atoms with Gasteiger partial charge in [0, 0.05) is 0 Å². The third-order valence-electron chi connectivity index (χ3n) is 3.61. The lowest BCUT2D eigenvalue weighted by atomic mass is 10.0. The molecule has 0 heterocycles. The summed E-state index contributed by atoms with van der Waals surface area (Å²) >= 11 is 0. The Labute approximate surface area is 142 Å². The van der Waals surface area contributed by atoms with Crippen LogP contribution in [0.3, 0.4) is 0 Å². The van der Waals surface area contributed by atoms with Crippen LogP contribution in [0.4, 0.5) is 0 Å². The van der Waals surface area contributed by atoms with Crippen LogP contribution in [0.15, 0.2) is 48.5 Å². The van der Waals surface area contributed by atoms with E-state index in [1.165, 1.54) is 0 Å². The Morgan fingerprint density at radius 2 is 1.33 bits per heavy atom. The number of aliphatic hydroxyl groups excluding tert-OH is 1. The molecule has 0 saturated heterocycles. The summed E-state index contributed by atoms with van der Waals surface area (Å²) in [5, 5.41) is 10.4. The highest BCUT2D eigenvalue weighted by Crippen LogP contribution is 2.31. The molecule has 24 heavy (non-hydrogen) atoms. The average Bonchev–Trinajstić information content (AvgIpc) is 2.55. The SMILES string of the molecule is CC(Oc1ccc(C(O)c2ccc(OP(O)O)cc2)cc1)N(C)C. The lowest BCUT2D eigenvalue weighted by molar-refractivity contribution is 0.0815. The van der Waals surface area contributed by atoms with Crippen molar-refractivity contribution in [3.8, 4) is 11.5 Å². The smallest absolute Gasteiger partial charge is 0.391 e. The van der Waals surface area contributed by atoms with Gasteiger partial charge in [-0.3, -0.25) is 4.90 Å². The number of ether oxygens (including phenoxy) is 1. The summed E-state index contributed by atoms with van der Waals surface area (Å²) in [7, 11) is 1.43. The molecule has 3 N–H and O–H groups in total. The highest BCUT2D eigenvalue weighted by atomic mass is 31.2. The van der Waals surface area contributed by atoms with Crippen molar-refractivity contribution in [1.29, 1.82) is 0 Å². The van der Waals surface area contributed by atoms with Crippen LogP contribution in [0.25, 0.3) is 0 Å². The normalized spacial score (nSPS) is 13.8. The minimum atomic E-state index is -2.44. The first-order valence-corrected chi connectivity index (χ1v) is 8.60. The molecular formula is C17H22NO5P. The van der Waals surface area contributed by atoms with Crippen LogP contribution in [0.5, 0.6) is 11.5 Å². The van der Waals surface area contributed by atoms with E-state index >= 15 is 0 Å². The van der Waals surface area contributed by atoms with Gasteiger partial charge in [0.05, 0.1) is 0 Å². The molecule has 6 nitrogen and oxygen atoms in total. The Morgan fingerprint density at radius 3 is 1.75 bits per heavy atom. The van der Waals surface area contributed by atoms with E-state index in [0.29, 0.717) is 11.3 Å². The standard InChI is InChI=1S/C17H22NO5P/c1-12(18(2)3)22-15-8-4-13(5-9-15)17(19)14-6-10-16(11-7-14)23-24(20)21/h4-12,17,19-21H,1-3H3. The van der Waals surface area contributed by atoms with Crippen molar-refractivity contribution in [2.45, 2.75) is 19.3 Å². The summed E-state index contributed by atoms with van der Waals surface area (Å²) in [4.78, 5) is 19.6. The number of rotatable bonds is 7. The average molecular weight is 351 g/mol. The molecular weight excluding hydrogens is 329 g/mol. The fourth-order valence-corrected chi connectivity index (χ4v) is 2.34. The third-order valence-corrected chi connectivity index (χ3v) is 3.99. The molecule has 7 heteroatoms. The maximum atomic E-state index is 10.4. The van der Waals surface area contributed by atoms with Crippen molar-refractivity contribution >= 4 is 8.60 Å². The highest BCUT2D eigenvalue weighted by molar-refractivity contribution is 7.39. The predicted octanol–water partition coefficient (Wildman–Crippen LogP) is 2.65. The van der Waals surface area contributed by atoms with Gasteiger partial charge in [-0.1, -0.05) is 24.3 Å². The molecule has 0 fully saturated rings. The molecule has 2 aromatic carbocycles. The summed E-state index contributed by atoms with van der Waals surface area (Å²) < 4.78 is 10.6. The molecule has 0 aliphatic rings. The van der Waals surface area contributed by atoms with Gasteiger partial charge >= 0.3 is 8.60 Å². The second-order valence-electron chi connectivity index (χ2n) is 5.57. The van der Waals surface area contributed by atoms with Gasteiger partial charge in [0.25, 0.3) is 0 Å². The Bertz CT molecular complexity index is 630. The van der Waals surface area contributed by atoms with E-state index in [4.69, 9.17) is 19.0 Å². The fourth-order valence-electron chi connectivity index (χ4n) is 2.03. The third kappa shape index (κ3) is 5.16. The molecule has 0 spiro atoms. The van der Waals surface area contributed by atoms with Gasteiger partial charge in [-0.25, -0.2) is 0 Å². The van der Waals surface area contributed by atoms with Crippen LogP contribution in [-0.4, -0.2) is 40.1 Å². The van der Waals surface area contributed by atoms with Gasteiger partial charge in [0.15, 0.2) is 0 Å². The van der Waals surface area contributed by atoms with Crippen LogP contribution in [0.1, 0.15) is 24.2 Å². The van der Waals surface area contributed by atoms with E-state index in [9.17, 15) is 5.11 Å². The van der Waals surface area contributed by atoms with Crippen molar-refractivity contribution in [2.75, 3.05) is 14.1 Å². The molecule has 0 saturated carbocycles. The number of benzene rings is 2. The molecule has 0 amide bonds. The number of aliphatic hydroxyl groups is 1. The van der Waals surface area contributed by atoms with Crippen LogP contribution >= 0.6 is 8.60 Å². The van der Waals surface area contributed by atoms with E-state index in [-0.39, 0.29) is 6.23 Å². The van der Waals surface area contributed by atoms with Crippen LogP contribution in [0.2, 0.25) is 0 Å². The van der Waals surface area contributed by atoms with Gasteiger partial charge < -0.3 is 24.2 Å². The minimum absolute atomic E-state index is 0.0446. The molecule has 130 valence electrons. The van der Waals surface area contributed by atoms with Crippen molar-refractivity contribution in [1.82, 2.24) is 4.90 Å². The van der Waals surface area contributed by atoms with Gasteiger partial charge in [-0.05, 0) is 56.4 Å². The Kier molecular flexibility index (Phi) is 6.54. The Morgan fingerprint density at radius 1 is 0.875 bits per heavy atom. The summed E-state index contributed by atoms with van der Waals surface area (Å²) in [5.41, 5.74) is 1.41. The quantitative estimate of drug-likeness (QED) is 0.526. The van der Waals surface area contributed by atoms with Gasteiger partial charge in [-0.2, -0.15) is 0 Å². The zero-order valence-corrected chi connectivity index (χ0v) is 14.7. The van der Waals surface area contributed by atoms with E-state index in [1.807, 2.05) is 50.2 Å². The molecule has 2 aromatic rings. The zero-order valence-electron chi connectivity index (χ0n) is 13.8. The second kappa shape index (κ2) is 8.42. The lowest BCUT2D eigenvalue weighted by Crippen LogP contribution is -2.30. The molecule has 0 radical (unpaired) electrons. The van der Waals surface area contributed by atoms with Crippen LogP contribution in [-0.2, 0) is 0 Å². The maximum absolute atomic E-state index is 10.4. The summed E-state index contributed by atoms with van der Waals surface area (Å²) in [6, 6.07) is 13.8. The largest absolute Gasteiger partial charge is 0.475 e. The summed E-state index contributed by atoms with van der Waals surface area (Å²) in [6.45, 7) is 1.96. The number of nitrogens with zero attached hydrogens (tertiary/aromatic N) is 1. The molecule has 0 bridgehead atoms. The lowest BCUT2D eigenvalue weighted by Gasteiger charge is -2.21. The number of hydrogen-bond acceptors (Lipinski definition) is 6. The predicted molar refractivity (Wildman–Crippen MR) is 92.7 cm³/mol. The van der Waals surface area contributed by atoms with E-state index in [0.717, 1.165) is 11.3 Å². The van der Waals surface area contributed by atoms with E-state index in [2.05, 4.69) is 0 Å².